The summed E-state index contributed by atoms with van der Waals surface area (Å²) in [5, 5.41) is 3.43. The zero-order chi connectivity index (χ0) is 18.2. The van der Waals surface area contributed by atoms with E-state index in [-0.39, 0.29) is 11.6 Å². The summed E-state index contributed by atoms with van der Waals surface area (Å²) < 4.78 is 70.8. The van der Waals surface area contributed by atoms with Crippen LogP contribution in [0.1, 0.15) is 5.82 Å². The molecule has 1 aromatic carbocycles. The molecule has 0 aliphatic carbocycles. The number of nitrogens with zero attached hydrogens (tertiary/aromatic N) is 4. The van der Waals surface area contributed by atoms with Crippen LogP contribution < -0.4 is 0 Å². The Balaban J connectivity index is 2.16. The molecule has 11 heteroatoms. The third kappa shape index (κ3) is 3.51. The molecule has 0 spiro atoms. The third-order valence-corrected chi connectivity index (χ3v) is 3.97. The van der Waals surface area contributed by atoms with E-state index in [1.54, 1.807) is 30.3 Å². The topological polar surface area (TPSA) is 98.0 Å². The highest BCUT2D eigenvalue weighted by atomic mass is 32.2. The van der Waals surface area contributed by atoms with Crippen LogP contribution in [-0.2, 0) is 16.3 Å². The van der Waals surface area contributed by atoms with Gasteiger partial charge in [0.2, 0.25) is 0 Å². The zero-order valence-corrected chi connectivity index (χ0v) is 13.0. The van der Waals surface area contributed by atoms with E-state index < -0.39 is 27.0 Å². The molecule has 0 aliphatic heterocycles. The lowest BCUT2D eigenvalue weighted by Gasteiger charge is -2.05. The Kier molecular flexibility index (Phi) is 4.05. The molecule has 0 amide bonds. The van der Waals surface area contributed by atoms with Crippen LogP contribution in [0.5, 0.6) is 0 Å². The summed E-state index contributed by atoms with van der Waals surface area (Å²) in [6.45, 7) is 0. The van der Waals surface area contributed by atoms with Crippen LogP contribution >= 0.6 is 0 Å². The van der Waals surface area contributed by atoms with Crippen molar-refractivity contribution in [3.63, 3.8) is 0 Å². The standard InChI is InChI=1S/C14H9F3N4O3S/c15-14(16,17)13-19-12(9-4-2-1-3-5-9)21(20-13)11-7-6-10(8-18-11)25(22,23)24/h1-8H,(H,22,23,24). The fraction of sp³-hybridized carbons (Fsp3) is 0.0714. The van der Waals surface area contributed by atoms with E-state index in [0.717, 1.165) is 23.0 Å². The highest BCUT2D eigenvalue weighted by molar-refractivity contribution is 7.85. The molecule has 2 heterocycles. The second kappa shape index (κ2) is 5.93. The lowest BCUT2D eigenvalue weighted by atomic mass is 10.2. The van der Waals surface area contributed by atoms with Gasteiger partial charge in [-0.2, -0.15) is 26.3 Å². The summed E-state index contributed by atoms with van der Waals surface area (Å²) in [7, 11) is -4.47. The highest BCUT2D eigenvalue weighted by Crippen LogP contribution is 2.30. The van der Waals surface area contributed by atoms with Crippen molar-refractivity contribution in [3.8, 4) is 17.2 Å². The van der Waals surface area contributed by atoms with Gasteiger partial charge in [-0.15, -0.1) is 5.10 Å². The van der Waals surface area contributed by atoms with Gasteiger partial charge in [0.05, 0.1) is 6.20 Å². The van der Waals surface area contributed by atoms with Gasteiger partial charge in [0.25, 0.3) is 15.9 Å². The van der Waals surface area contributed by atoms with Gasteiger partial charge in [-0.05, 0) is 12.1 Å². The Labute approximate surface area is 139 Å². The van der Waals surface area contributed by atoms with E-state index in [2.05, 4.69) is 15.1 Å². The van der Waals surface area contributed by atoms with Crippen molar-refractivity contribution in [2.45, 2.75) is 11.1 Å². The van der Waals surface area contributed by atoms with E-state index in [1.807, 2.05) is 0 Å². The molecule has 0 unspecified atom stereocenters. The maximum absolute atomic E-state index is 13.0. The minimum Gasteiger partial charge on any atom is -0.282 e. The van der Waals surface area contributed by atoms with Crippen molar-refractivity contribution >= 4 is 10.1 Å². The Morgan fingerprint density at radius 3 is 2.24 bits per heavy atom. The van der Waals surface area contributed by atoms with Crippen molar-refractivity contribution in [2.24, 2.45) is 0 Å². The predicted octanol–water partition coefficient (Wildman–Crippen LogP) is 2.59. The second-order valence-corrected chi connectivity index (χ2v) is 6.28. The quantitative estimate of drug-likeness (QED) is 0.712. The summed E-state index contributed by atoms with van der Waals surface area (Å²) in [6, 6.07) is 10.1. The molecular formula is C14H9F3N4O3S. The van der Waals surface area contributed by atoms with Crippen LogP contribution in [0.2, 0.25) is 0 Å². The molecule has 0 saturated heterocycles. The maximum atomic E-state index is 13.0. The molecule has 0 aliphatic rings. The van der Waals surface area contributed by atoms with Gasteiger partial charge >= 0.3 is 6.18 Å². The van der Waals surface area contributed by atoms with Gasteiger partial charge in [-0.3, -0.25) is 4.55 Å². The molecule has 0 bridgehead atoms. The van der Waals surface area contributed by atoms with E-state index in [1.165, 1.54) is 0 Å². The van der Waals surface area contributed by atoms with E-state index >= 15 is 0 Å². The molecule has 3 rings (SSSR count). The first-order valence-electron chi connectivity index (χ1n) is 6.70. The van der Waals surface area contributed by atoms with Crippen LogP contribution in [0.3, 0.4) is 0 Å². The summed E-state index contributed by atoms with van der Waals surface area (Å²) in [5.41, 5.74) is 0.367. The largest absolute Gasteiger partial charge is 0.453 e. The minimum atomic E-state index is -4.76. The number of aromatic nitrogens is 4. The smallest absolute Gasteiger partial charge is 0.282 e. The zero-order valence-electron chi connectivity index (χ0n) is 12.2. The lowest BCUT2D eigenvalue weighted by molar-refractivity contribution is -0.144. The number of alkyl halides is 3. The SMILES string of the molecule is O=S(=O)(O)c1ccc(-n2nc(C(F)(F)F)nc2-c2ccccc2)nc1. The maximum Gasteiger partial charge on any atom is 0.453 e. The van der Waals surface area contributed by atoms with E-state index in [4.69, 9.17) is 4.55 Å². The summed E-state index contributed by atoms with van der Waals surface area (Å²) in [5.74, 6) is -1.55. The molecule has 0 atom stereocenters. The van der Waals surface area contributed by atoms with Crippen LogP contribution in [0.4, 0.5) is 13.2 Å². The molecule has 25 heavy (non-hydrogen) atoms. The molecule has 0 radical (unpaired) electrons. The summed E-state index contributed by atoms with van der Waals surface area (Å²) >= 11 is 0. The monoisotopic (exact) mass is 370 g/mol. The first-order chi connectivity index (χ1) is 11.7. The molecule has 2 aromatic heterocycles. The van der Waals surface area contributed by atoms with Gasteiger partial charge < -0.3 is 0 Å². The average Bonchev–Trinajstić information content (AvgIpc) is 3.00. The highest BCUT2D eigenvalue weighted by Gasteiger charge is 2.37. The van der Waals surface area contributed by atoms with Crippen molar-refractivity contribution in [1.29, 1.82) is 0 Å². The Morgan fingerprint density at radius 1 is 1.04 bits per heavy atom. The van der Waals surface area contributed by atoms with Crippen molar-refractivity contribution in [2.75, 3.05) is 0 Å². The minimum absolute atomic E-state index is 0.0887. The molecule has 0 fully saturated rings. The number of hydrogen-bond donors (Lipinski definition) is 1. The summed E-state index contributed by atoms with van der Waals surface area (Å²) in [6.07, 6.45) is -3.95. The second-order valence-electron chi connectivity index (χ2n) is 4.86. The van der Waals surface area contributed by atoms with Gasteiger partial charge in [0.15, 0.2) is 11.6 Å². The molecule has 1 N–H and O–H groups in total. The Morgan fingerprint density at radius 2 is 1.72 bits per heavy atom. The van der Waals surface area contributed by atoms with Gasteiger partial charge in [0.1, 0.15) is 4.90 Å². The number of halogens is 3. The normalized spacial score (nSPS) is 12.3. The van der Waals surface area contributed by atoms with Crippen molar-refractivity contribution < 1.29 is 26.1 Å². The van der Waals surface area contributed by atoms with Crippen LogP contribution in [-0.4, -0.2) is 32.7 Å². The lowest BCUT2D eigenvalue weighted by Crippen LogP contribution is -2.09. The van der Waals surface area contributed by atoms with Crippen LogP contribution in [0, 0.1) is 0 Å². The fourth-order valence-electron chi connectivity index (χ4n) is 2.02. The van der Waals surface area contributed by atoms with E-state index in [0.29, 0.717) is 5.56 Å². The molecule has 0 saturated carbocycles. The Hall–Kier alpha value is -2.79. The van der Waals surface area contributed by atoms with Crippen molar-refractivity contribution in [3.05, 3.63) is 54.5 Å². The predicted molar refractivity (Wildman–Crippen MR) is 79.4 cm³/mol. The number of rotatable bonds is 3. The molecule has 130 valence electrons. The average molecular weight is 370 g/mol. The van der Waals surface area contributed by atoms with Gasteiger partial charge in [-0.25, -0.2) is 9.97 Å². The third-order valence-electron chi connectivity index (χ3n) is 3.13. The molecule has 3 aromatic rings. The van der Waals surface area contributed by atoms with Gasteiger partial charge in [0, 0.05) is 5.56 Å². The number of hydrogen-bond acceptors (Lipinski definition) is 5. The van der Waals surface area contributed by atoms with Crippen LogP contribution in [0.15, 0.2) is 53.6 Å². The Bertz CT molecular complexity index is 1000. The van der Waals surface area contributed by atoms with E-state index in [9.17, 15) is 21.6 Å². The summed E-state index contributed by atoms with van der Waals surface area (Å²) in [4.78, 5) is 6.78. The first kappa shape index (κ1) is 17.0. The first-order valence-corrected chi connectivity index (χ1v) is 8.14. The molecule has 7 nitrogen and oxygen atoms in total. The van der Waals surface area contributed by atoms with Gasteiger partial charge in [-0.1, -0.05) is 30.3 Å². The van der Waals surface area contributed by atoms with Crippen molar-refractivity contribution in [1.82, 2.24) is 19.7 Å². The van der Waals surface area contributed by atoms with Crippen LogP contribution in [0.25, 0.3) is 17.2 Å². The fourth-order valence-corrected chi connectivity index (χ4v) is 2.44. The number of pyridine rings is 1. The molecular weight excluding hydrogens is 361 g/mol. The number of benzene rings is 1.